The van der Waals surface area contributed by atoms with Crippen molar-refractivity contribution in [2.45, 2.75) is 6.92 Å². The minimum absolute atomic E-state index is 0.661. The minimum atomic E-state index is 0.661. The average Bonchev–Trinajstić information content (AvgIpc) is 2.08. The molecule has 72 valence electrons. The predicted octanol–water partition coefficient (Wildman–Crippen LogP) is 1.74. The highest BCUT2D eigenvalue weighted by atomic mass is 79.9. The van der Waals surface area contributed by atoms with Crippen LogP contribution in [-0.4, -0.2) is 30.6 Å². The van der Waals surface area contributed by atoms with E-state index in [4.69, 9.17) is 0 Å². The highest BCUT2D eigenvalue weighted by Crippen LogP contribution is 2.21. The van der Waals surface area contributed by atoms with Crippen LogP contribution in [0.5, 0.6) is 0 Å². The quantitative estimate of drug-likeness (QED) is 0.880. The third kappa shape index (κ3) is 2.55. The summed E-state index contributed by atoms with van der Waals surface area (Å²) in [7, 11) is 3.89. The van der Waals surface area contributed by atoms with Crippen molar-refractivity contribution in [2.24, 2.45) is 0 Å². The summed E-state index contributed by atoms with van der Waals surface area (Å²) < 4.78 is 0.902. The average molecular weight is 245 g/mol. The van der Waals surface area contributed by atoms with Crippen LogP contribution in [-0.2, 0) is 0 Å². The number of nitrogens with one attached hydrogen (secondary N) is 1. The molecule has 1 N–H and O–H groups in total. The van der Waals surface area contributed by atoms with Gasteiger partial charge in [-0.1, -0.05) is 0 Å². The number of aromatic nitrogens is 2. The van der Waals surface area contributed by atoms with E-state index in [0.717, 1.165) is 16.8 Å². The van der Waals surface area contributed by atoms with Gasteiger partial charge in [-0.05, 0) is 22.9 Å². The van der Waals surface area contributed by atoms with Gasteiger partial charge in [-0.15, -0.1) is 0 Å². The van der Waals surface area contributed by atoms with Crippen LogP contribution in [0, 0.1) is 0 Å². The number of anilines is 2. The monoisotopic (exact) mass is 244 g/mol. The highest BCUT2D eigenvalue weighted by Gasteiger charge is 2.05. The maximum absolute atomic E-state index is 4.32. The lowest BCUT2D eigenvalue weighted by atomic mass is 10.5. The van der Waals surface area contributed by atoms with Crippen LogP contribution in [0.4, 0.5) is 11.8 Å². The topological polar surface area (TPSA) is 41.1 Å². The van der Waals surface area contributed by atoms with Gasteiger partial charge in [0, 0.05) is 26.8 Å². The van der Waals surface area contributed by atoms with E-state index in [1.807, 2.05) is 25.9 Å². The standard InChI is InChI=1S/C8H13BrN4/c1-4-10-8-11-5-6(9)7(12-8)13(2)3/h5H,4H2,1-3H3,(H,10,11,12). The Morgan fingerprint density at radius 2 is 2.23 bits per heavy atom. The van der Waals surface area contributed by atoms with Crippen molar-refractivity contribution in [2.75, 3.05) is 30.9 Å². The first kappa shape index (κ1) is 10.2. The van der Waals surface area contributed by atoms with E-state index in [9.17, 15) is 0 Å². The molecule has 0 aliphatic heterocycles. The lowest BCUT2D eigenvalue weighted by Crippen LogP contribution is -2.13. The van der Waals surface area contributed by atoms with Gasteiger partial charge in [-0.25, -0.2) is 4.98 Å². The molecule has 0 amide bonds. The third-order valence-corrected chi connectivity index (χ3v) is 2.04. The van der Waals surface area contributed by atoms with Crippen LogP contribution < -0.4 is 10.2 Å². The van der Waals surface area contributed by atoms with Gasteiger partial charge in [0.2, 0.25) is 5.95 Å². The molecule has 1 aromatic heterocycles. The zero-order valence-corrected chi connectivity index (χ0v) is 9.59. The zero-order valence-electron chi connectivity index (χ0n) is 8.00. The Morgan fingerprint density at radius 1 is 1.54 bits per heavy atom. The number of rotatable bonds is 3. The summed E-state index contributed by atoms with van der Waals surface area (Å²) in [5.74, 6) is 1.54. The second kappa shape index (κ2) is 4.41. The Hall–Kier alpha value is -0.840. The van der Waals surface area contributed by atoms with Crippen LogP contribution in [0.2, 0.25) is 0 Å². The van der Waals surface area contributed by atoms with Crippen LogP contribution in [0.25, 0.3) is 0 Å². The Labute approximate surface area is 86.5 Å². The fraction of sp³-hybridized carbons (Fsp3) is 0.500. The first-order valence-electron chi connectivity index (χ1n) is 4.09. The Balaban J connectivity index is 2.97. The molecular weight excluding hydrogens is 232 g/mol. The van der Waals surface area contributed by atoms with E-state index in [0.29, 0.717) is 5.95 Å². The summed E-state index contributed by atoms with van der Waals surface area (Å²) >= 11 is 3.39. The van der Waals surface area contributed by atoms with Crippen LogP contribution in [0.15, 0.2) is 10.7 Å². The molecular formula is C8H13BrN4. The highest BCUT2D eigenvalue weighted by molar-refractivity contribution is 9.10. The van der Waals surface area contributed by atoms with Gasteiger partial charge in [0.1, 0.15) is 5.82 Å². The third-order valence-electron chi connectivity index (χ3n) is 1.48. The second-order valence-electron chi connectivity index (χ2n) is 2.79. The Morgan fingerprint density at radius 3 is 2.77 bits per heavy atom. The molecule has 5 heteroatoms. The smallest absolute Gasteiger partial charge is 0.224 e. The SMILES string of the molecule is CCNc1ncc(Br)c(N(C)C)n1. The molecule has 0 aliphatic carbocycles. The van der Waals surface area contributed by atoms with Crippen molar-refractivity contribution in [3.8, 4) is 0 Å². The molecule has 1 aromatic rings. The molecule has 0 spiro atoms. The van der Waals surface area contributed by atoms with Crippen molar-refractivity contribution in [1.29, 1.82) is 0 Å². The molecule has 4 nitrogen and oxygen atoms in total. The fourth-order valence-corrected chi connectivity index (χ4v) is 1.46. The van der Waals surface area contributed by atoms with Gasteiger partial charge in [0.15, 0.2) is 0 Å². The van der Waals surface area contributed by atoms with E-state index >= 15 is 0 Å². The summed E-state index contributed by atoms with van der Waals surface area (Å²) in [6.07, 6.45) is 1.75. The van der Waals surface area contributed by atoms with Crippen LogP contribution in [0.3, 0.4) is 0 Å². The second-order valence-corrected chi connectivity index (χ2v) is 3.64. The molecule has 0 fully saturated rings. The van der Waals surface area contributed by atoms with Gasteiger partial charge in [0.25, 0.3) is 0 Å². The summed E-state index contributed by atoms with van der Waals surface area (Å²) in [4.78, 5) is 10.4. The van der Waals surface area contributed by atoms with Gasteiger partial charge in [-0.3, -0.25) is 0 Å². The van der Waals surface area contributed by atoms with Crippen LogP contribution in [0.1, 0.15) is 6.92 Å². The lowest BCUT2D eigenvalue weighted by Gasteiger charge is -2.13. The van der Waals surface area contributed by atoms with E-state index in [-0.39, 0.29) is 0 Å². The maximum Gasteiger partial charge on any atom is 0.224 e. The summed E-state index contributed by atoms with van der Waals surface area (Å²) in [6.45, 7) is 2.84. The Bertz CT molecular complexity index is 287. The Kier molecular flexibility index (Phi) is 3.48. The molecule has 1 rings (SSSR count). The van der Waals surface area contributed by atoms with Crippen molar-refractivity contribution >= 4 is 27.7 Å². The van der Waals surface area contributed by atoms with Crippen molar-refractivity contribution in [1.82, 2.24) is 9.97 Å². The molecule has 0 unspecified atom stereocenters. The lowest BCUT2D eigenvalue weighted by molar-refractivity contribution is 1.01. The maximum atomic E-state index is 4.32. The van der Waals surface area contributed by atoms with E-state index in [1.165, 1.54) is 0 Å². The molecule has 0 bridgehead atoms. The largest absolute Gasteiger partial charge is 0.362 e. The van der Waals surface area contributed by atoms with Crippen molar-refractivity contribution < 1.29 is 0 Å². The zero-order chi connectivity index (χ0) is 9.84. The van der Waals surface area contributed by atoms with Gasteiger partial charge in [0.05, 0.1) is 4.47 Å². The first-order valence-corrected chi connectivity index (χ1v) is 4.88. The molecule has 0 radical (unpaired) electrons. The fourth-order valence-electron chi connectivity index (χ4n) is 0.915. The molecule has 0 aliphatic rings. The van der Waals surface area contributed by atoms with E-state index in [1.54, 1.807) is 6.20 Å². The predicted molar refractivity (Wildman–Crippen MR) is 58.2 cm³/mol. The molecule has 13 heavy (non-hydrogen) atoms. The van der Waals surface area contributed by atoms with E-state index in [2.05, 4.69) is 31.2 Å². The molecule has 0 atom stereocenters. The molecule has 0 aromatic carbocycles. The number of hydrogen-bond donors (Lipinski definition) is 1. The van der Waals surface area contributed by atoms with Gasteiger partial charge in [-0.2, -0.15) is 4.98 Å². The van der Waals surface area contributed by atoms with Crippen molar-refractivity contribution in [3.63, 3.8) is 0 Å². The van der Waals surface area contributed by atoms with Gasteiger partial charge >= 0.3 is 0 Å². The summed E-state index contributed by atoms with van der Waals surface area (Å²) in [6, 6.07) is 0. The van der Waals surface area contributed by atoms with Gasteiger partial charge < -0.3 is 10.2 Å². The number of nitrogens with zero attached hydrogens (tertiary/aromatic N) is 3. The van der Waals surface area contributed by atoms with Crippen LogP contribution >= 0.6 is 15.9 Å². The minimum Gasteiger partial charge on any atom is -0.362 e. The van der Waals surface area contributed by atoms with Crippen molar-refractivity contribution in [3.05, 3.63) is 10.7 Å². The summed E-state index contributed by atoms with van der Waals surface area (Å²) in [5, 5.41) is 3.06. The molecule has 1 heterocycles. The normalized spacial score (nSPS) is 9.85. The molecule has 0 saturated carbocycles. The number of halogens is 1. The number of hydrogen-bond acceptors (Lipinski definition) is 4. The first-order chi connectivity index (χ1) is 6.15. The van der Waals surface area contributed by atoms with E-state index < -0.39 is 0 Å². The molecule has 0 saturated heterocycles. The summed E-state index contributed by atoms with van der Waals surface area (Å²) in [5.41, 5.74) is 0.